The summed E-state index contributed by atoms with van der Waals surface area (Å²) in [4.78, 5) is 73.6. The first-order valence-corrected chi connectivity index (χ1v) is 15.0. The predicted octanol–water partition coefficient (Wildman–Crippen LogP) is 2.00. The van der Waals surface area contributed by atoms with Crippen molar-refractivity contribution in [2.45, 2.75) is 77.5 Å². The van der Waals surface area contributed by atoms with Gasteiger partial charge in [-0.25, -0.2) is 9.59 Å². The lowest BCUT2D eigenvalue weighted by Gasteiger charge is -2.46. The van der Waals surface area contributed by atoms with Gasteiger partial charge in [0, 0.05) is 45.4 Å². The van der Waals surface area contributed by atoms with Crippen LogP contribution >= 0.6 is 0 Å². The van der Waals surface area contributed by atoms with Crippen LogP contribution in [-0.4, -0.2) is 93.1 Å². The Morgan fingerprint density at radius 2 is 1.36 bits per heavy atom. The summed E-state index contributed by atoms with van der Waals surface area (Å²) in [7, 11) is 1.24. The Balaban J connectivity index is 1.66. The van der Waals surface area contributed by atoms with E-state index in [9.17, 15) is 28.8 Å². The summed E-state index contributed by atoms with van der Waals surface area (Å²) in [5.41, 5.74) is 0.623. The zero-order chi connectivity index (χ0) is 34.2. The molecule has 4 rings (SSSR count). The van der Waals surface area contributed by atoms with Crippen molar-refractivity contribution in [3.05, 3.63) is 47.7 Å². The van der Waals surface area contributed by atoms with Gasteiger partial charge in [-0.2, -0.15) is 0 Å². The molecule has 2 aliphatic heterocycles. The molecule has 1 saturated carbocycles. The van der Waals surface area contributed by atoms with Gasteiger partial charge in [-0.3, -0.25) is 19.2 Å². The summed E-state index contributed by atoms with van der Waals surface area (Å²) in [5, 5.41) is 0. The Morgan fingerprint density at radius 1 is 0.723 bits per heavy atom. The lowest BCUT2D eigenvalue weighted by molar-refractivity contribution is -0.345. The standard InChI is InChI=1S/C32H38O15/c1-16(33)40-15-24-26(43-17(2)34)27(44-18(3)35)28(45-19(4)36)32(46-24)47-31-25-21(13-41-29(37)20-9-7-6-8-10-20)11-12-22(25)23(14-42-31)30(38)39-5/h6-10,14,21-22,24-28,31-32H,11-13,15H2,1-5H3/t21-,22-,24-,25-,26-,27+,28-,31+,32+/m1/s1. The maximum absolute atomic E-state index is 12.7. The van der Waals surface area contributed by atoms with Crippen LogP contribution in [0.15, 0.2) is 42.2 Å². The lowest BCUT2D eigenvalue weighted by atomic mass is 9.83. The minimum absolute atomic E-state index is 0.0366. The number of carbonyl (C=O) groups excluding carboxylic acids is 6. The molecule has 0 radical (unpaired) electrons. The molecule has 3 aliphatic rings. The fraction of sp³-hybridized carbons (Fsp3) is 0.562. The molecule has 15 heteroatoms. The van der Waals surface area contributed by atoms with Crippen LogP contribution in [0.1, 0.15) is 50.9 Å². The van der Waals surface area contributed by atoms with Crippen LogP contribution in [0.5, 0.6) is 0 Å². The SMILES string of the molecule is COC(=O)C1=CO[C@@H](O[C@@H]2O[C@H](COC(C)=O)[C@@H](OC(C)=O)[C@H](OC(C)=O)[C@H]2OC(C)=O)[C@@H]2[C@@H](COC(=O)c3ccccc3)CC[C@H]12. The molecular weight excluding hydrogens is 624 g/mol. The highest BCUT2D eigenvalue weighted by Crippen LogP contribution is 2.48. The molecule has 1 saturated heterocycles. The highest BCUT2D eigenvalue weighted by molar-refractivity contribution is 5.89. The first-order valence-electron chi connectivity index (χ1n) is 15.0. The minimum Gasteiger partial charge on any atom is -0.472 e. The van der Waals surface area contributed by atoms with E-state index in [1.54, 1.807) is 30.3 Å². The van der Waals surface area contributed by atoms with Crippen molar-refractivity contribution < 1.29 is 71.4 Å². The summed E-state index contributed by atoms with van der Waals surface area (Å²) in [6.45, 7) is 4.01. The molecule has 1 aromatic rings. The number of fused-ring (bicyclic) bond motifs is 1. The van der Waals surface area contributed by atoms with E-state index >= 15 is 0 Å². The van der Waals surface area contributed by atoms with Crippen molar-refractivity contribution in [1.29, 1.82) is 0 Å². The molecule has 1 aromatic carbocycles. The maximum atomic E-state index is 12.7. The van der Waals surface area contributed by atoms with Crippen molar-refractivity contribution >= 4 is 35.8 Å². The van der Waals surface area contributed by atoms with Gasteiger partial charge in [0.15, 0.2) is 18.3 Å². The molecule has 0 N–H and O–H groups in total. The monoisotopic (exact) mass is 662 g/mol. The van der Waals surface area contributed by atoms with Crippen molar-refractivity contribution in [2.75, 3.05) is 20.3 Å². The molecular formula is C32H38O15. The normalized spacial score (nSPS) is 29.6. The van der Waals surface area contributed by atoms with Gasteiger partial charge in [0.2, 0.25) is 12.6 Å². The zero-order valence-corrected chi connectivity index (χ0v) is 26.6. The summed E-state index contributed by atoms with van der Waals surface area (Å²) in [5.74, 6) is -5.58. The van der Waals surface area contributed by atoms with E-state index in [0.29, 0.717) is 18.4 Å². The molecule has 2 heterocycles. The smallest absolute Gasteiger partial charge is 0.338 e. The highest BCUT2D eigenvalue weighted by Gasteiger charge is 2.56. The molecule has 256 valence electrons. The third kappa shape index (κ3) is 8.86. The van der Waals surface area contributed by atoms with Gasteiger partial charge in [0.1, 0.15) is 12.7 Å². The first kappa shape index (κ1) is 35.4. The fourth-order valence-electron chi connectivity index (χ4n) is 6.11. The number of methoxy groups -OCH3 is 1. The van der Waals surface area contributed by atoms with Crippen LogP contribution in [-0.2, 0) is 66.6 Å². The van der Waals surface area contributed by atoms with Crippen LogP contribution in [0.4, 0.5) is 0 Å². The lowest BCUT2D eigenvalue weighted by Crippen LogP contribution is -2.63. The second kappa shape index (κ2) is 15.9. The Bertz CT molecular complexity index is 1360. The number of rotatable bonds is 11. The molecule has 15 nitrogen and oxygen atoms in total. The number of ether oxygens (including phenoxy) is 9. The van der Waals surface area contributed by atoms with Crippen LogP contribution in [0.2, 0.25) is 0 Å². The molecule has 2 fully saturated rings. The second-order valence-electron chi connectivity index (χ2n) is 11.3. The summed E-state index contributed by atoms with van der Waals surface area (Å²) in [6, 6.07) is 8.44. The summed E-state index contributed by atoms with van der Waals surface area (Å²) >= 11 is 0. The first-order chi connectivity index (χ1) is 22.4. The molecule has 1 aliphatic carbocycles. The van der Waals surface area contributed by atoms with Gasteiger partial charge in [-0.05, 0) is 25.0 Å². The highest BCUT2D eigenvalue weighted by atomic mass is 16.8. The molecule has 0 spiro atoms. The average Bonchev–Trinajstić information content (AvgIpc) is 3.45. The van der Waals surface area contributed by atoms with Gasteiger partial charge >= 0.3 is 35.8 Å². The van der Waals surface area contributed by atoms with Gasteiger partial charge in [0.25, 0.3) is 0 Å². The summed E-state index contributed by atoms with van der Waals surface area (Å²) < 4.78 is 50.5. The fourth-order valence-corrected chi connectivity index (χ4v) is 6.11. The Kier molecular flexibility index (Phi) is 11.9. The van der Waals surface area contributed by atoms with E-state index in [-0.39, 0.29) is 18.1 Å². The van der Waals surface area contributed by atoms with Crippen molar-refractivity contribution in [3.63, 3.8) is 0 Å². The third-order valence-electron chi connectivity index (χ3n) is 7.98. The number of esters is 6. The van der Waals surface area contributed by atoms with Crippen LogP contribution < -0.4 is 0 Å². The van der Waals surface area contributed by atoms with Gasteiger partial charge in [-0.15, -0.1) is 0 Å². The van der Waals surface area contributed by atoms with Crippen molar-refractivity contribution in [1.82, 2.24) is 0 Å². The summed E-state index contributed by atoms with van der Waals surface area (Å²) in [6.07, 6.45) is -6.00. The van der Waals surface area contributed by atoms with E-state index in [4.69, 9.17) is 42.6 Å². The molecule has 9 atom stereocenters. The molecule has 47 heavy (non-hydrogen) atoms. The van der Waals surface area contributed by atoms with E-state index in [1.807, 2.05) is 0 Å². The van der Waals surface area contributed by atoms with E-state index in [1.165, 1.54) is 13.4 Å². The van der Waals surface area contributed by atoms with Crippen molar-refractivity contribution in [3.8, 4) is 0 Å². The third-order valence-corrected chi connectivity index (χ3v) is 7.98. The molecule has 0 aromatic heterocycles. The Hall–Kier alpha value is -4.50. The van der Waals surface area contributed by atoms with E-state index < -0.39 is 91.3 Å². The molecule has 0 unspecified atom stereocenters. The van der Waals surface area contributed by atoms with Gasteiger partial charge in [-0.1, -0.05) is 18.2 Å². The number of hydrogen-bond acceptors (Lipinski definition) is 15. The van der Waals surface area contributed by atoms with Crippen LogP contribution in [0.25, 0.3) is 0 Å². The second-order valence-corrected chi connectivity index (χ2v) is 11.3. The minimum atomic E-state index is -1.53. The Morgan fingerprint density at radius 3 is 1.98 bits per heavy atom. The van der Waals surface area contributed by atoms with Gasteiger partial charge in [0.05, 0.1) is 31.1 Å². The average molecular weight is 663 g/mol. The largest absolute Gasteiger partial charge is 0.472 e. The Labute approximate surface area is 270 Å². The maximum Gasteiger partial charge on any atom is 0.338 e. The van der Waals surface area contributed by atoms with Crippen LogP contribution in [0, 0.1) is 17.8 Å². The molecule has 0 amide bonds. The number of benzene rings is 1. The zero-order valence-electron chi connectivity index (χ0n) is 26.6. The number of hydrogen-bond donors (Lipinski definition) is 0. The quantitative estimate of drug-likeness (QED) is 0.247. The molecule has 0 bridgehead atoms. The van der Waals surface area contributed by atoms with Crippen LogP contribution in [0.3, 0.4) is 0 Å². The predicted molar refractivity (Wildman–Crippen MR) is 154 cm³/mol. The van der Waals surface area contributed by atoms with Crippen molar-refractivity contribution in [2.24, 2.45) is 17.8 Å². The number of carbonyl (C=O) groups is 6. The van der Waals surface area contributed by atoms with Gasteiger partial charge < -0.3 is 42.6 Å². The van der Waals surface area contributed by atoms with E-state index in [2.05, 4.69) is 0 Å². The van der Waals surface area contributed by atoms with E-state index in [0.717, 1.165) is 27.7 Å². The topological polar surface area (TPSA) is 185 Å².